The maximum atomic E-state index is 4.69. The second-order valence-corrected chi connectivity index (χ2v) is 17.5. The number of nitrogens with zero attached hydrogens (tertiary/aromatic N) is 2. The Bertz CT molecular complexity index is 2940. The van der Waals surface area contributed by atoms with E-state index in [0.29, 0.717) is 0 Å². The molecule has 0 saturated heterocycles. The molecular weight excluding hydrogens is 821 g/mol. The van der Waals surface area contributed by atoms with Gasteiger partial charge >= 0.3 is 0 Å². The fraction of sp³-hybridized carbons (Fsp3) is 0.182. The summed E-state index contributed by atoms with van der Waals surface area (Å²) in [5.74, 6) is 0. The van der Waals surface area contributed by atoms with Crippen LogP contribution in [0.3, 0.4) is 0 Å². The molecule has 0 bridgehead atoms. The monoisotopic (exact) mass is 889 g/mol. The Labute approximate surface area is 407 Å². The van der Waals surface area contributed by atoms with Crippen LogP contribution < -0.4 is 4.90 Å². The predicted octanol–water partition coefficient (Wildman–Crippen LogP) is 18.2. The average Bonchev–Trinajstić information content (AvgIpc) is 3.60. The molecule has 2 nitrogen and oxygen atoms in total. The molecule has 2 heteroatoms. The van der Waals surface area contributed by atoms with Gasteiger partial charge in [-0.15, -0.1) is 0 Å². The van der Waals surface area contributed by atoms with E-state index in [1.165, 1.54) is 66.6 Å². The lowest BCUT2D eigenvalue weighted by atomic mass is 9.99. The second-order valence-electron chi connectivity index (χ2n) is 17.5. The standard InChI is InChI=1S/C66H68N2/c1-8-55(45-46-57(10-3)59-29-18-13-19-30-59)51(5)37-38-52(6)68(64-47-41-54(42-48-64)40-44-60-31-20-11-15-26-56(60)9-2)53(7)39-43-61-32-24-36-65-66(61)62(49-67(65)63-34-21-14-22-35-63)33-23-25-50(4)58-27-16-12-17-28-58/h9,11-25,27-34,36-39,41-42,44-49,63H,5-6,8,10,26,35,40,43H2,1-4,7H3/b33-23-,38-37-,50-25+,53-39+,55-45+,56-9-,57-46+,60-44-. The molecule has 2 aliphatic rings. The van der Waals surface area contributed by atoms with Crippen molar-refractivity contribution in [3.05, 3.63) is 287 Å². The number of benzene rings is 4. The largest absolute Gasteiger partial charge is 0.340 e. The highest BCUT2D eigenvalue weighted by Gasteiger charge is 2.17. The lowest BCUT2D eigenvalue weighted by Crippen LogP contribution is -2.19. The van der Waals surface area contributed by atoms with Crippen molar-refractivity contribution in [1.82, 2.24) is 4.57 Å². The molecule has 5 aromatic rings. The first-order valence-electron chi connectivity index (χ1n) is 24.4. The zero-order valence-corrected chi connectivity index (χ0v) is 40.9. The SMILES string of the molecule is C=C(/C=C\C(=C)N(/C(C)=C/Cc1cccc2c1c(/C=C\C=C(/C)c1ccccc1)cn2C1C=CC=CC1)c1ccc(C/C=C2/C=CC=CC/C2=C/C)cc1)/C(=C/C=C(\CC)c1ccccc1)CC. The van der Waals surface area contributed by atoms with Gasteiger partial charge in [-0.3, -0.25) is 0 Å². The number of hydrogen-bond donors (Lipinski definition) is 0. The summed E-state index contributed by atoms with van der Waals surface area (Å²) in [7, 11) is 0. The van der Waals surface area contributed by atoms with E-state index in [0.717, 1.165) is 61.2 Å². The van der Waals surface area contributed by atoms with Gasteiger partial charge in [0.05, 0.1) is 6.04 Å². The van der Waals surface area contributed by atoms with Gasteiger partial charge in [0.2, 0.25) is 0 Å². The first-order valence-corrected chi connectivity index (χ1v) is 24.4. The van der Waals surface area contributed by atoms with Crippen LogP contribution in [-0.4, -0.2) is 4.57 Å². The molecule has 0 amide bonds. The Morgan fingerprint density at radius 2 is 1.50 bits per heavy atom. The van der Waals surface area contributed by atoms with E-state index >= 15 is 0 Å². The van der Waals surface area contributed by atoms with Crippen LogP contribution in [-0.2, 0) is 12.8 Å². The Kier molecular flexibility index (Phi) is 17.4. The van der Waals surface area contributed by atoms with Crippen LogP contribution in [0.1, 0.15) is 94.2 Å². The molecule has 1 atom stereocenters. The van der Waals surface area contributed by atoms with Crippen molar-refractivity contribution in [2.75, 3.05) is 4.90 Å². The number of allylic oxidation sites excluding steroid dienone is 24. The molecule has 0 fully saturated rings. The third-order valence-corrected chi connectivity index (χ3v) is 13.0. The van der Waals surface area contributed by atoms with E-state index in [4.69, 9.17) is 6.58 Å². The number of fused-ring (bicyclic) bond motifs is 1. The lowest BCUT2D eigenvalue weighted by molar-refractivity contribution is 0.629. The van der Waals surface area contributed by atoms with Crippen LogP contribution in [0, 0.1) is 0 Å². The molecule has 2 aliphatic carbocycles. The van der Waals surface area contributed by atoms with E-state index < -0.39 is 0 Å². The smallest absolute Gasteiger partial charge is 0.0554 e. The fourth-order valence-corrected chi connectivity index (χ4v) is 9.05. The van der Waals surface area contributed by atoms with Crippen molar-refractivity contribution in [3.8, 4) is 0 Å². The molecule has 7 rings (SSSR count). The van der Waals surface area contributed by atoms with Gasteiger partial charge in [0.15, 0.2) is 0 Å². The van der Waals surface area contributed by atoms with E-state index in [1.54, 1.807) is 0 Å². The number of rotatable bonds is 18. The molecule has 0 radical (unpaired) electrons. The van der Waals surface area contributed by atoms with Gasteiger partial charge in [-0.1, -0.05) is 215 Å². The molecule has 1 heterocycles. The minimum Gasteiger partial charge on any atom is -0.340 e. The normalized spacial score (nSPS) is 17.0. The summed E-state index contributed by atoms with van der Waals surface area (Å²) >= 11 is 0. The van der Waals surface area contributed by atoms with E-state index in [2.05, 4.69) is 269 Å². The summed E-state index contributed by atoms with van der Waals surface area (Å²) < 4.78 is 2.45. The summed E-state index contributed by atoms with van der Waals surface area (Å²) in [6.07, 6.45) is 47.7. The summed E-state index contributed by atoms with van der Waals surface area (Å²) in [6.45, 7) is 20.2. The van der Waals surface area contributed by atoms with Gasteiger partial charge in [-0.05, 0) is 139 Å². The van der Waals surface area contributed by atoms with Crippen molar-refractivity contribution < 1.29 is 0 Å². The maximum absolute atomic E-state index is 4.69. The fourth-order valence-electron chi connectivity index (χ4n) is 9.05. The van der Waals surface area contributed by atoms with Crippen LogP contribution in [0.4, 0.5) is 5.69 Å². The number of anilines is 1. The Morgan fingerprint density at radius 3 is 2.21 bits per heavy atom. The molecule has 342 valence electrons. The van der Waals surface area contributed by atoms with Gasteiger partial charge in [0.25, 0.3) is 0 Å². The summed E-state index contributed by atoms with van der Waals surface area (Å²) in [4.78, 5) is 2.28. The summed E-state index contributed by atoms with van der Waals surface area (Å²) in [5, 5.41) is 1.29. The predicted molar refractivity (Wildman–Crippen MR) is 298 cm³/mol. The first-order chi connectivity index (χ1) is 33.3. The topological polar surface area (TPSA) is 8.17 Å². The van der Waals surface area contributed by atoms with Crippen LogP contribution in [0.2, 0.25) is 0 Å². The van der Waals surface area contributed by atoms with Crippen molar-refractivity contribution in [1.29, 1.82) is 0 Å². The van der Waals surface area contributed by atoms with E-state index in [9.17, 15) is 0 Å². The van der Waals surface area contributed by atoms with E-state index in [1.807, 2.05) is 0 Å². The molecule has 0 spiro atoms. The number of hydrogen-bond acceptors (Lipinski definition) is 1. The molecule has 68 heavy (non-hydrogen) atoms. The summed E-state index contributed by atoms with van der Waals surface area (Å²) in [5.41, 5.74) is 17.9. The van der Waals surface area contributed by atoms with Crippen LogP contribution in [0.15, 0.2) is 259 Å². The zero-order valence-electron chi connectivity index (χ0n) is 40.9. The van der Waals surface area contributed by atoms with Crippen LogP contribution in [0.25, 0.3) is 28.1 Å². The van der Waals surface area contributed by atoms with Crippen molar-refractivity contribution in [2.45, 2.75) is 79.2 Å². The molecule has 1 aromatic heterocycles. The first kappa shape index (κ1) is 48.5. The molecule has 0 aliphatic heterocycles. The van der Waals surface area contributed by atoms with Crippen molar-refractivity contribution in [3.63, 3.8) is 0 Å². The maximum Gasteiger partial charge on any atom is 0.0554 e. The van der Waals surface area contributed by atoms with E-state index in [-0.39, 0.29) is 6.04 Å². The molecule has 0 N–H and O–H groups in total. The van der Waals surface area contributed by atoms with Crippen LogP contribution >= 0.6 is 0 Å². The third-order valence-electron chi connectivity index (χ3n) is 13.0. The molecule has 0 saturated carbocycles. The Morgan fingerprint density at radius 1 is 0.750 bits per heavy atom. The summed E-state index contributed by atoms with van der Waals surface area (Å²) in [6, 6.07) is 37.2. The van der Waals surface area contributed by atoms with Crippen molar-refractivity contribution in [2.24, 2.45) is 0 Å². The highest BCUT2D eigenvalue weighted by Crippen LogP contribution is 2.34. The quantitative estimate of drug-likeness (QED) is 0.0796. The van der Waals surface area contributed by atoms with Gasteiger partial charge in [0.1, 0.15) is 0 Å². The molecular formula is C66H68N2. The highest BCUT2D eigenvalue weighted by atomic mass is 15.1. The Balaban J connectivity index is 1.21. The van der Waals surface area contributed by atoms with Crippen LogP contribution in [0.5, 0.6) is 0 Å². The average molecular weight is 889 g/mol. The Hall–Kier alpha value is -7.42. The second kappa shape index (κ2) is 24.4. The van der Waals surface area contributed by atoms with Gasteiger partial charge in [-0.25, -0.2) is 0 Å². The molecule has 4 aromatic carbocycles. The van der Waals surface area contributed by atoms with Gasteiger partial charge < -0.3 is 9.47 Å². The minimum atomic E-state index is 0.265. The van der Waals surface area contributed by atoms with Gasteiger partial charge in [-0.2, -0.15) is 0 Å². The van der Waals surface area contributed by atoms with Crippen molar-refractivity contribution >= 4 is 33.8 Å². The minimum absolute atomic E-state index is 0.265. The van der Waals surface area contributed by atoms with Gasteiger partial charge in [0, 0.05) is 39.7 Å². The zero-order chi connectivity index (χ0) is 47.7. The lowest BCUT2D eigenvalue weighted by Gasteiger charge is -2.27. The molecule has 1 unspecified atom stereocenters. The third kappa shape index (κ3) is 12.5. The number of aromatic nitrogens is 1. The highest BCUT2D eigenvalue weighted by molar-refractivity contribution is 5.93.